The monoisotopic (exact) mass is 284 g/mol. The molecule has 0 amide bonds. The molecular weight excluding hydrogens is 272 g/mol. The summed E-state index contributed by atoms with van der Waals surface area (Å²) in [6.45, 7) is 0.713. The van der Waals surface area contributed by atoms with E-state index in [-0.39, 0.29) is 10.8 Å². The van der Waals surface area contributed by atoms with Crippen molar-refractivity contribution in [1.82, 2.24) is 0 Å². The summed E-state index contributed by atoms with van der Waals surface area (Å²) in [5, 5.41) is 19.4. The third kappa shape index (κ3) is 1.64. The molecule has 0 saturated heterocycles. The van der Waals surface area contributed by atoms with Gasteiger partial charge in [-0.3, -0.25) is 4.79 Å². The Bertz CT molecular complexity index is 550. The lowest BCUT2D eigenvalue weighted by atomic mass is 9.64. The van der Waals surface area contributed by atoms with E-state index in [9.17, 15) is 15.0 Å². The van der Waals surface area contributed by atoms with Crippen LogP contribution in [0, 0.1) is 0 Å². The molecule has 5 nitrogen and oxygen atoms in total. The van der Waals surface area contributed by atoms with Gasteiger partial charge in [0.1, 0.15) is 19.0 Å². The zero-order valence-corrected chi connectivity index (χ0v) is 10.9. The van der Waals surface area contributed by atoms with Crippen molar-refractivity contribution in [3.63, 3.8) is 0 Å². The van der Waals surface area contributed by atoms with E-state index < -0.39 is 11.4 Å². The summed E-state index contributed by atoms with van der Waals surface area (Å²) in [7, 11) is 0. The summed E-state index contributed by atoms with van der Waals surface area (Å²) < 4.78 is 10.9. The number of carbonyl (C=O) groups is 1. The van der Waals surface area contributed by atoms with Crippen molar-refractivity contribution in [1.29, 1.82) is 0 Å². The van der Waals surface area contributed by atoms with Crippen LogP contribution in [-0.2, 0) is 10.2 Å². The van der Waals surface area contributed by atoms with Gasteiger partial charge in [0.2, 0.25) is 0 Å². The maximum absolute atomic E-state index is 11.6. The molecule has 3 rings (SSSR count). The van der Waals surface area contributed by atoms with Gasteiger partial charge in [0.05, 0.1) is 10.4 Å². The molecule has 102 valence electrons. The SMILES string of the molecule is O=C(O)C1(c2c(Cl)c(O)cc3c2OCCO3)CCC1. The number of aliphatic carboxylic acids is 1. The summed E-state index contributed by atoms with van der Waals surface area (Å²) in [6, 6.07) is 1.37. The minimum absolute atomic E-state index is 0.0475. The number of fused-ring (bicyclic) bond motifs is 1. The highest BCUT2D eigenvalue weighted by Crippen LogP contribution is 2.55. The predicted octanol–water partition coefficient (Wildman–Crippen LogP) is 2.32. The standard InChI is InChI=1S/C13H13ClO5/c14-10-7(15)6-8-11(19-5-4-18-8)9(10)13(12(16)17)2-1-3-13/h6,15H,1-5H2,(H,16,17). The van der Waals surface area contributed by atoms with Gasteiger partial charge in [-0.1, -0.05) is 18.0 Å². The number of phenolic OH excluding ortho intramolecular Hbond substituents is 1. The molecule has 0 bridgehead atoms. The van der Waals surface area contributed by atoms with Gasteiger partial charge in [-0.2, -0.15) is 0 Å². The van der Waals surface area contributed by atoms with E-state index in [4.69, 9.17) is 21.1 Å². The Hall–Kier alpha value is -1.62. The first-order chi connectivity index (χ1) is 9.06. The lowest BCUT2D eigenvalue weighted by Gasteiger charge is -2.40. The van der Waals surface area contributed by atoms with Crippen molar-refractivity contribution in [2.75, 3.05) is 13.2 Å². The zero-order chi connectivity index (χ0) is 13.6. The Morgan fingerprint density at radius 2 is 2.00 bits per heavy atom. The maximum Gasteiger partial charge on any atom is 0.314 e. The van der Waals surface area contributed by atoms with Crippen LogP contribution >= 0.6 is 11.6 Å². The van der Waals surface area contributed by atoms with Crippen molar-refractivity contribution in [2.24, 2.45) is 0 Å². The van der Waals surface area contributed by atoms with E-state index in [0.717, 1.165) is 6.42 Å². The molecule has 0 unspecified atom stereocenters. The quantitative estimate of drug-likeness (QED) is 0.872. The minimum atomic E-state index is -1.07. The number of carboxylic acid groups (broad SMARTS) is 1. The molecule has 1 aliphatic carbocycles. The van der Waals surface area contributed by atoms with Crippen LogP contribution in [0.4, 0.5) is 0 Å². The number of aromatic hydroxyl groups is 1. The maximum atomic E-state index is 11.6. The molecule has 1 aliphatic heterocycles. The Morgan fingerprint density at radius 3 is 2.58 bits per heavy atom. The minimum Gasteiger partial charge on any atom is -0.506 e. The smallest absolute Gasteiger partial charge is 0.314 e. The highest BCUT2D eigenvalue weighted by Gasteiger charge is 2.50. The van der Waals surface area contributed by atoms with Crippen molar-refractivity contribution in [2.45, 2.75) is 24.7 Å². The van der Waals surface area contributed by atoms with Crippen LogP contribution in [0.3, 0.4) is 0 Å². The summed E-state index contributed by atoms with van der Waals surface area (Å²) >= 11 is 6.12. The van der Waals surface area contributed by atoms with Crippen molar-refractivity contribution >= 4 is 17.6 Å². The third-order valence-corrected chi connectivity index (χ3v) is 4.23. The molecule has 1 fully saturated rings. The third-order valence-electron chi connectivity index (χ3n) is 3.85. The van der Waals surface area contributed by atoms with E-state index in [1.807, 2.05) is 0 Å². The van der Waals surface area contributed by atoms with Crippen LogP contribution in [0.1, 0.15) is 24.8 Å². The molecule has 0 radical (unpaired) electrons. The summed E-state index contributed by atoms with van der Waals surface area (Å²) in [5.74, 6) is -0.400. The number of benzene rings is 1. The molecule has 1 heterocycles. The van der Waals surface area contributed by atoms with Crippen LogP contribution in [0.2, 0.25) is 5.02 Å². The first-order valence-corrected chi connectivity index (χ1v) is 6.49. The van der Waals surface area contributed by atoms with Gasteiger partial charge in [0.25, 0.3) is 0 Å². The van der Waals surface area contributed by atoms with Gasteiger partial charge < -0.3 is 19.7 Å². The number of rotatable bonds is 2. The van der Waals surface area contributed by atoms with Gasteiger partial charge in [-0.25, -0.2) is 0 Å². The number of ether oxygens (including phenoxy) is 2. The second-order valence-electron chi connectivity index (χ2n) is 4.85. The number of phenols is 1. The second kappa shape index (κ2) is 4.20. The molecule has 2 aliphatic rings. The van der Waals surface area contributed by atoms with Crippen molar-refractivity contribution in [3.05, 3.63) is 16.7 Å². The molecule has 6 heteroatoms. The molecular formula is C13H13ClO5. The molecule has 1 saturated carbocycles. The highest BCUT2D eigenvalue weighted by atomic mass is 35.5. The van der Waals surface area contributed by atoms with Gasteiger partial charge in [-0.15, -0.1) is 0 Å². The lowest BCUT2D eigenvalue weighted by Crippen LogP contribution is -2.43. The molecule has 1 aromatic rings. The van der Waals surface area contributed by atoms with Crippen LogP contribution in [0.15, 0.2) is 6.07 Å². The molecule has 19 heavy (non-hydrogen) atoms. The largest absolute Gasteiger partial charge is 0.506 e. The number of hydrogen-bond acceptors (Lipinski definition) is 4. The molecule has 1 aromatic carbocycles. The van der Waals surface area contributed by atoms with Crippen LogP contribution < -0.4 is 9.47 Å². The first-order valence-electron chi connectivity index (χ1n) is 6.11. The van der Waals surface area contributed by atoms with Gasteiger partial charge in [-0.05, 0) is 12.8 Å². The van der Waals surface area contributed by atoms with E-state index in [1.165, 1.54) is 6.07 Å². The Morgan fingerprint density at radius 1 is 1.32 bits per heavy atom. The Labute approximate surface area is 114 Å². The fraction of sp³-hybridized carbons (Fsp3) is 0.462. The van der Waals surface area contributed by atoms with Crippen LogP contribution in [0.5, 0.6) is 17.2 Å². The van der Waals surface area contributed by atoms with Gasteiger partial charge in [0.15, 0.2) is 11.5 Å². The predicted molar refractivity (Wildman–Crippen MR) is 67.3 cm³/mol. The average molecular weight is 285 g/mol. The van der Waals surface area contributed by atoms with E-state index in [0.29, 0.717) is 43.1 Å². The van der Waals surface area contributed by atoms with E-state index in [1.54, 1.807) is 0 Å². The van der Waals surface area contributed by atoms with E-state index >= 15 is 0 Å². The summed E-state index contributed by atoms with van der Waals surface area (Å²) in [6.07, 6.45) is 1.79. The van der Waals surface area contributed by atoms with Crippen LogP contribution in [-0.4, -0.2) is 29.4 Å². The van der Waals surface area contributed by atoms with Gasteiger partial charge in [0, 0.05) is 11.6 Å². The second-order valence-corrected chi connectivity index (χ2v) is 5.23. The average Bonchev–Trinajstić information content (AvgIpc) is 2.32. The Kier molecular flexibility index (Phi) is 2.74. The number of hydrogen-bond donors (Lipinski definition) is 2. The number of carboxylic acids is 1. The van der Waals surface area contributed by atoms with Crippen LogP contribution in [0.25, 0.3) is 0 Å². The first kappa shape index (κ1) is 12.4. The molecule has 0 aromatic heterocycles. The van der Waals surface area contributed by atoms with Crippen molar-refractivity contribution < 1.29 is 24.5 Å². The van der Waals surface area contributed by atoms with E-state index in [2.05, 4.69) is 0 Å². The topological polar surface area (TPSA) is 76.0 Å². The molecule has 0 spiro atoms. The molecule has 0 atom stereocenters. The number of halogens is 1. The zero-order valence-electron chi connectivity index (χ0n) is 10.1. The fourth-order valence-corrected chi connectivity index (χ4v) is 3.00. The van der Waals surface area contributed by atoms with Gasteiger partial charge >= 0.3 is 5.97 Å². The van der Waals surface area contributed by atoms with Crippen molar-refractivity contribution in [3.8, 4) is 17.2 Å². The fourth-order valence-electron chi connectivity index (χ4n) is 2.68. The normalized spacial score (nSPS) is 19.6. The Balaban J connectivity index is 2.24. The summed E-state index contributed by atoms with van der Waals surface area (Å²) in [4.78, 5) is 11.6. The molecule has 2 N–H and O–H groups in total. The lowest BCUT2D eigenvalue weighted by molar-refractivity contribution is -0.147. The highest BCUT2D eigenvalue weighted by molar-refractivity contribution is 6.33. The summed E-state index contributed by atoms with van der Waals surface area (Å²) in [5.41, 5.74) is -0.719.